The second-order valence-corrected chi connectivity index (χ2v) is 10.2. The van der Waals surface area contributed by atoms with Crippen LogP contribution in [-0.2, 0) is 5.60 Å². The van der Waals surface area contributed by atoms with Gasteiger partial charge in [0.15, 0.2) is 5.82 Å². The Morgan fingerprint density at radius 3 is 2.46 bits per heavy atom. The van der Waals surface area contributed by atoms with Gasteiger partial charge in [-0.15, -0.1) is 0 Å². The van der Waals surface area contributed by atoms with E-state index in [4.69, 9.17) is 0 Å². The summed E-state index contributed by atoms with van der Waals surface area (Å²) in [6.07, 6.45) is 11.7. The molecule has 2 unspecified atom stereocenters. The minimum absolute atomic E-state index is 0.0587. The first-order chi connectivity index (χ1) is 13.2. The van der Waals surface area contributed by atoms with Crippen molar-refractivity contribution in [2.75, 3.05) is 0 Å². The Hall–Kier alpha value is -1.30. The van der Waals surface area contributed by atoms with Gasteiger partial charge in [0, 0.05) is 17.8 Å². The van der Waals surface area contributed by atoms with Gasteiger partial charge in [0.2, 0.25) is 0 Å². The molecule has 5 heteroatoms. The van der Waals surface area contributed by atoms with Crippen LogP contribution in [0.5, 0.6) is 0 Å². The second kappa shape index (κ2) is 5.87. The molecule has 7 atom stereocenters. The first-order valence-corrected chi connectivity index (χ1v) is 10.8. The molecule has 3 saturated carbocycles. The largest absolute Gasteiger partial charge is 0.393 e. The molecule has 1 aromatic rings. The lowest BCUT2D eigenvalue weighted by molar-refractivity contribution is -0.220. The maximum Gasteiger partial charge on any atom is 0.160 e. The van der Waals surface area contributed by atoms with Gasteiger partial charge in [0.1, 0.15) is 5.60 Å². The van der Waals surface area contributed by atoms with E-state index in [1.165, 1.54) is 5.57 Å². The van der Waals surface area contributed by atoms with Gasteiger partial charge in [-0.1, -0.05) is 25.5 Å². The van der Waals surface area contributed by atoms with Crippen molar-refractivity contribution in [3.63, 3.8) is 0 Å². The molecule has 0 bridgehead atoms. The topological polar surface area (TPSA) is 86.5 Å². The van der Waals surface area contributed by atoms with Gasteiger partial charge in [-0.2, -0.15) is 0 Å². The highest BCUT2D eigenvalue weighted by atomic mass is 16.3. The third kappa shape index (κ3) is 2.13. The van der Waals surface area contributed by atoms with Crippen LogP contribution in [0.2, 0.25) is 0 Å². The van der Waals surface area contributed by atoms with Crippen LogP contribution in [0.3, 0.4) is 0 Å². The number of fused-ring (bicyclic) bond motifs is 5. The summed E-state index contributed by atoms with van der Waals surface area (Å²) in [7, 11) is 0. The van der Waals surface area contributed by atoms with Crippen LogP contribution in [0.25, 0.3) is 0 Å². The molecule has 0 radical (unpaired) electrons. The van der Waals surface area contributed by atoms with Crippen LogP contribution in [0.15, 0.2) is 30.1 Å². The van der Waals surface area contributed by atoms with Crippen molar-refractivity contribution in [2.24, 2.45) is 22.7 Å². The molecular weight excluding hydrogens is 352 g/mol. The van der Waals surface area contributed by atoms with Gasteiger partial charge in [-0.25, -0.2) is 9.97 Å². The van der Waals surface area contributed by atoms with Gasteiger partial charge >= 0.3 is 0 Å². The van der Waals surface area contributed by atoms with Crippen molar-refractivity contribution < 1.29 is 15.3 Å². The average molecular weight is 385 g/mol. The summed E-state index contributed by atoms with van der Waals surface area (Å²) < 4.78 is 0. The summed E-state index contributed by atoms with van der Waals surface area (Å²) in [6, 6.07) is 1.76. The molecule has 1 aromatic heterocycles. The van der Waals surface area contributed by atoms with E-state index in [1.807, 2.05) is 0 Å². The quantitative estimate of drug-likeness (QED) is 0.648. The average Bonchev–Trinajstić information content (AvgIpc) is 2.91. The summed E-state index contributed by atoms with van der Waals surface area (Å²) >= 11 is 0. The van der Waals surface area contributed by atoms with Crippen LogP contribution in [0, 0.1) is 22.7 Å². The van der Waals surface area contributed by atoms with Crippen LogP contribution in [0.4, 0.5) is 0 Å². The summed E-state index contributed by atoms with van der Waals surface area (Å²) in [6.45, 7) is 4.40. The van der Waals surface area contributed by atoms with Gasteiger partial charge in [0.05, 0.1) is 11.7 Å². The molecule has 5 rings (SSSR count). The van der Waals surface area contributed by atoms with E-state index in [-0.39, 0.29) is 17.4 Å². The Bertz CT molecular complexity index is 813. The van der Waals surface area contributed by atoms with Gasteiger partial charge in [-0.3, -0.25) is 0 Å². The number of nitrogens with zero attached hydrogens (tertiary/aromatic N) is 2. The van der Waals surface area contributed by atoms with Crippen molar-refractivity contribution in [1.29, 1.82) is 0 Å². The molecule has 3 fully saturated rings. The number of allylic oxidation sites excluding steroid dienone is 1. The minimum atomic E-state index is -1.19. The molecule has 4 aliphatic rings. The highest BCUT2D eigenvalue weighted by molar-refractivity contribution is 5.30. The smallest absolute Gasteiger partial charge is 0.160 e. The van der Waals surface area contributed by atoms with Crippen LogP contribution < -0.4 is 0 Å². The maximum atomic E-state index is 12.1. The van der Waals surface area contributed by atoms with E-state index in [2.05, 4.69) is 29.9 Å². The summed E-state index contributed by atoms with van der Waals surface area (Å²) in [5.74, 6) is 0.982. The first-order valence-electron chi connectivity index (χ1n) is 10.8. The third-order valence-electron chi connectivity index (χ3n) is 9.35. The Morgan fingerprint density at radius 2 is 1.71 bits per heavy atom. The minimum Gasteiger partial charge on any atom is -0.393 e. The molecular formula is C23H32N2O3. The van der Waals surface area contributed by atoms with E-state index in [0.29, 0.717) is 24.6 Å². The Kier molecular flexibility index (Phi) is 3.92. The fraction of sp³-hybridized carbons (Fsp3) is 0.739. The monoisotopic (exact) mass is 384 g/mol. The number of aromatic nitrogens is 2. The maximum absolute atomic E-state index is 12.1. The van der Waals surface area contributed by atoms with Gasteiger partial charge in [0.25, 0.3) is 0 Å². The number of hydrogen-bond acceptors (Lipinski definition) is 5. The Labute approximate surface area is 166 Å². The molecule has 1 heterocycles. The molecule has 5 nitrogen and oxygen atoms in total. The lowest BCUT2D eigenvalue weighted by atomic mass is 9.45. The molecule has 4 aliphatic carbocycles. The fourth-order valence-corrected chi connectivity index (χ4v) is 7.50. The molecule has 3 N–H and O–H groups in total. The van der Waals surface area contributed by atoms with Crippen LogP contribution >= 0.6 is 0 Å². The normalized spacial score (nSPS) is 50.3. The molecule has 0 aliphatic heterocycles. The molecule has 28 heavy (non-hydrogen) atoms. The highest BCUT2D eigenvalue weighted by Crippen LogP contribution is 2.70. The number of hydrogen-bond donors (Lipinski definition) is 3. The summed E-state index contributed by atoms with van der Waals surface area (Å²) in [5.41, 5.74) is -1.33. The fourth-order valence-electron chi connectivity index (χ4n) is 7.50. The molecule has 0 aromatic carbocycles. The predicted octanol–water partition coefficient (Wildman–Crippen LogP) is 3.10. The van der Waals surface area contributed by atoms with Gasteiger partial charge < -0.3 is 15.3 Å². The van der Waals surface area contributed by atoms with Crippen LogP contribution in [0.1, 0.15) is 71.0 Å². The summed E-state index contributed by atoms with van der Waals surface area (Å²) in [5, 5.41) is 34.1. The molecule has 0 saturated heterocycles. The Morgan fingerprint density at radius 1 is 0.964 bits per heavy atom. The SMILES string of the molecule is C[C@]12CCC(O)CC1=CC[C@@H]1[C@H]2CC[C@]2(C)C(O)(c3ncccn3)CC[C@@]12O. The zero-order chi connectivity index (χ0) is 19.8. The number of rotatable bonds is 1. The number of aliphatic hydroxyl groups is 3. The molecule has 0 amide bonds. The lowest BCUT2D eigenvalue weighted by Crippen LogP contribution is -2.63. The third-order valence-corrected chi connectivity index (χ3v) is 9.35. The summed E-state index contributed by atoms with van der Waals surface area (Å²) in [4.78, 5) is 8.76. The molecule has 0 spiro atoms. The lowest BCUT2D eigenvalue weighted by Gasteiger charge is -2.61. The molecule has 152 valence electrons. The van der Waals surface area contributed by atoms with Crippen molar-refractivity contribution in [2.45, 2.75) is 82.5 Å². The van der Waals surface area contributed by atoms with Crippen molar-refractivity contribution in [1.82, 2.24) is 9.97 Å². The van der Waals surface area contributed by atoms with E-state index in [1.54, 1.807) is 18.5 Å². The van der Waals surface area contributed by atoms with E-state index >= 15 is 0 Å². The first kappa shape index (κ1) is 18.7. The van der Waals surface area contributed by atoms with Crippen LogP contribution in [-0.4, -0.2) is 37.0 Å². The van der Waals surface area contributed by atoms with Gasteiger partial charge in [-0.05, 0) is 74.7 Å². The highest BCUT2D eigenvalue weighted by Gasteiger charge is 2.72. The van der Waals surface area contributed by atoms with Crippen molar-refractivity contribution in [3.05, 3.63) is 35.9 Å². The van der Waals surface area contributed by atoms with E-state index in [0.717, 1.165) is 38.5 Å². The standard InChI is InChI=1S/C23H32N2O3/c1-20-8-6-16(26)14-15(20)4-5-18-17(20)7-9-21(2)22(18,27)10-11-23(21,28)19-24-12-3-13-25-19/h3-4,12-13,16-18,26-28H,5-11,14H2,1-2H3/t16?,17-,18-,20+,21+,22-,23?/m1/s1. The zero-order valence-electron chi connectivity index (χ0n) is 16.9. The van der Waals surface area contributed by atoms with Crippen molar-refractivity contribution in [3.8, 4) is 0 Å². The number of aliphatic hydroxyl groups excluding tert-OH is 1. The zero-order valence-corrected chi connectivity index (χ0v) is 16.9. The second-order valence-electron chi connectivity index (χ2n) is 10.2. The Balaban J connectivity index is 1.56. The van der Waals surface area contributed by atoms with E-state index < -0.39 is 16.6 Å². The predicted molar refractivity (Wildman–Crippen MR) is 105 cm³/mol. The van der Waals surface area contributed by atoms with E-state index in [9.17, 15) is 15.3 Å². The van der Waals surface area contributed by atoms with Crippen molar-refractivity contribution >= 4 is 0 Å².